The van der Waals surface area contributed by atoms with Gasteiger partial charge in [0.05, 0.1) is 16.5 Å². The molecule has 0 fully saturated rings. The lowest BCUT2D eigenvalue weighted by atomic mass is 10.1. The summed E-state index contributed by atoms with van der Waals surface area (Å²) in [5.41, 5.74) is 4.85. The number of aromatic nitrogens is 2. The van der Waals surface area contributed by atoms with Crippen LogP contribution in [0.25, 0.3) is 38.6 Å². The Morgan fingerprint density at radius 3 is 2.46 bits per heavy atom. The van der Waals surface area contributed by atoms with Crippen molar-refractivity contribution in [2.24, 2.45) is 0 Å². The number of hydrogen-bond acceptors (Lipinski definition) is 4. The minimum atomic E-state index is -0.451. The molecule has 2 aromatic carbocycles. The fourth-order valence-corrected chi connectivity index (χ4v) is 3.57. The molecule has 3 heterocycles. The Kier molecular flexibility index (Phi) is 3.37. The highest BCUT2D eigenvalue weighted by Gasteiger charge is 2.16. The van der Waals surface area contributed by atoms with Crippen molar-refractivity contribution in [2.75, 3.05) is 0 Å². The Hall–Kier alpha value is -3.91. The van der Waals surface area contributed by atoms with Crippen LogP contribution in [0.2, 0.25) is 0 Å². The predicted molar refractivity (Wildman–Crippen MR) is 109 cm³/mol. The molecule has 3 aromatic heterocycles. The lowest BCUT2D eigenvalue weighted by Gasteiger charge is -2.07. The summed E-state index contributed by atoms with van der Waals surface area (Å²) < 4.78 is 7.36. The molecule has 0 saturated heterocycles. The van der Waals surface area contributed by atoms with E-state index >= 15 is 0 Å². The molecular formula is C23H15N3O2. The Balaban J connectivity index is 1.96. The van der Waals surface area contributed by atoms with Crippen LogP contribution in [0.1, 0.15) is 16.7 Å². The van der Waals surface area contributed by atoms with Gasteiger partial charge in [-0.2, -0.15) is 5.26 Å². The molecule has 5 nitrogen and oxygen atoms in total. The van der Waals surface area contributed by atoms with E-state index in [-0.39, 0.29) is 0 Å². The van der Waals surface area contributed by atoms with Gasteiger partial charge in [0.25, 0.3) is 0 Å². The molecule has 28 heavy (non-hydrogen) atoms. The number of aryl methyl sites for hydroxylation is 2. The second-order valence-electron chi connectivity index (χ2n) is 7.00. The fourth-order valence-electron chi connectivity index (χ4n) is 3.57. The standard InChI is InChI=1S/C23H15N3O2/c1-13-3-6-16(7-4-13)26-12-15(11-24)17-10-19-21(25-22(17)26)18-9-14(2)5-8-20(18)28-23(19)27/h3-10,12H,1-2H3. The van der Waals surface area contributed by atoms with E-state index in [1.165, 1.54) is 0 Å². The first-order valence-corrected chi connectivity index (χ1v) is 8.91. The molecule has 0 bridgehead atoms. The van der Waals surface area contributed by atoms with E-state index in [0.717, 1.165) is 22.2 Å². The summed E-state index contributed by atoms with van der Waals surface area (Å²) in [5, 5.41) is 11.4. The lowest BCUT2D eigenvalue weighted by molar-refractivity contribution is 0.569. The molecule has 0 spiro atoms. The van der Waals surface area contributed by atoms with Crippen molar-refractivity contribution in [1.82, 2.24) is 9.55 Å². The Morgan fingerprint density at radius 1 is 0.964 bits per heavy atom. The second-order valence-corrected chi connectivity index (χ2v) is 7.00. The minimum Gasteiger partial charge on any atom is -0.422 e. The van der Waals surface area contributed by atoms with Crippen molar-refractivity contribution < 1.29 is 4.42 Å². The number of fused-ring (bicyclic) bond motifs is 4. The van der Waals surface area contributed by atoms with Gasteiger partial charge in [-0.15, -0.1) is 0 Å². The van der Waals surface area contributed by atoms with Gasteiger partial charge in [0.1, 0.15) is 17.3 Å². The van der Waals surface area contributed by atoms with Crippen molar-refractivity contribution in [3.63, 3.8) is 0 Å². The largest absolute Gasteiger partial charge is 0.422 e. The normalized spacial score (nSPS) is 11.3. The molecule has 0 aliphatic heterocycles. The summed E-state index contributed by atoms with van der Waals surface area (Å²) in [6, 6.07) is 17.6. The molecular weight excluding hydrogens is 350 g/mol. The molecule has 0 aliphatic rings. The lowest BCUT2D eigenvalue weighted by Crippen LogP contribution is -2.02. The van der Waals surface area contributed by atoms with Crippen molar-refractivity contribution in [3.8, 4) is 11.8 Å². The highest BCUT2D eigenvalue weighted by molar-refractivity contribution is 6.06. The Labute approximate surface area is 160 Å². The van der Waals surface area contributed by atoms with Gasteiger partial charge in [0, 0.05) is 22.7 Å². The van der Waals surface area contributed by atoms with E-state index in [9.17, 15) is 10.1 Å². The maximum absolute atomic E-state index is 12.5. The first kappa shape index (κ1) is 16.3. The van der Waals surface area contributed by atoms with E-state index in [4.69, 9.17) is 9.40 Å². The van der Waals surface area contributed by atoms with Gasteiger partial charge in [0.15, 0.2) is 0 Å². The van der Waals surface area contributed by atoms with E-state index in [1.54, 1.807) is 18.3 Å². The van der Waals surface area contributed by atoms with Crippen LogP contribution in [0, 0.1) is 25.2 Å². The molecule has 5 aromatic rings. The second kappa shape index (κ2) is 5.80. The molecule has 0 saturated carbocycles. The highest BCUT2D eigenvalue weighted by atomic mass is 16.4. The van der Waals surface area contributed by atoms with Gasteiger partial charge >= 0.3 is 5.63 Å². The quantitative estimate of drug-likeness (QED) is 0.317. The van der Waals surface area contributed by atoms with Gasteiger partial charge in [-0.25, -0.2) is 9.78 Å². The monoisotopic (exact) mass is 365 g/mol. The smallest absolute Gasteiger partial charge is 0.345 e. The average molecular weight is 365 g/mol. The zero-order valence-electron chi connectivity index (χ0n) is 15.4. The number of pyridine rings is 1. The van der Waals surface area contributed by atoms with Crippen molar-refractivity contribution in [1.29, 1.82) is 5.26 Å². The van der Waals surface area contributed by atoms with Crippen LogP contribution < -0.4 is 5.63 Å². The third kappa shape index (κ3) is 2.32. The third-order valence-corrected chi connectivity index (χ3v) is 5.02. The van der Waals surface area contributed by atoms with Crippen LogP contribution in [-0.2, 0) is 0 Å². The van der Waals surface area contributed by atoms with Crippen LogP contribution in [-0.4, -0.2) is 9.55 Å². The molecule has 0 unspecified atom stereocenters. The van der Waals surface area contributed by atoms with Crippen LogP contribution >= 0.6 is 0 Å². The summed E-state index contributed by atoms with van der Waals surface area (Å²) in [7, 11) is 0. The van der Waals surface area contributed by atoms with E-state index in [1.807, 2.05) is 54.8 Å². The SMILES string of the molecule is Cc1ccc(-n2cc(C#N)c3cc4c(=O)oc5ccc(C)cc5c4nc32)cc1. The minimum absolute atomic E-state index is 0.378. The topological polar surface area (TPSA) is 71.8 Å². The first-order valence-electron chi connectivity index (χ1n) is 8.91. The van der Waals surface area contributed by atoms with Gasteiger partial charge < -0.3 is 4.42 Å². The van der Waals surface area contributed by atoms with E-state index < -0.39 is 5.63 Å². The van der Waals surface area contributed by atoms with E-state index in [0.29, 0.717) is 33.1 Å². The van der Waals surface area contributed by atoms with Crippen LogP contribution in [0.5, 0.6) is 0 Å². The number of benzene rings is 2. The number of hydrogen-bond donors (Lipinski definition) is 0. The fraction of sp³-hybridized carbons (Fsp3) is 0.0870. The Morgan fingerprint density at radius 2 is 1.71 bits per heavy atom. The van der Waals surface area contributed by atoms with Crippen molar-refractivity contribution >= 4 is 32.9 Å². The van der Waals surface area contributed by atoms with Crippen molar-refractivity contribution in [3.05, 3.63) is 81.8 Å². The molecule has 134 valence electrons. The van der Waals surface area contributed by atoms with Gasteiger partial charge in [0.2, 0.25) is 0 Å². The van der Waals surface area contributed by atoms with E-state index in [2.05, 4.69) is 6.07 Å². The van der Waals surface area contributed by atoms with Gasteiger partial charge in [-0.05, 0) is 44.2 Å². The van der Waals surface area contributed by atoms with Crippen LogP contribution in [0.4, 0.5) is 0 Å². The summed E-state index contributed by atoms with van der Waals surface area (Å²) in [5.74, 6) is 0. The average Bonchev–Trinajstić information content (AvgIpc) is 3.06. The summed E-state index contributed by atoms with van der Waals surface area (Å²) in [6.45, 7) is 4.01. The third-order valence-electron chi connectivity index (χ3n) is 5.02. The van der Waals surface area contributed by atoms with Crippen LogP contribution in [0.3, 0.4) is 0 Å². The van der Waals surface area contributed by atoms with Crippen molar-refractivity contribution in [2.45, 2.75) is 13.8 Å². The zero-order chi connectivity index (χ0) is 19.4. The van der Waals surface area contributed by atoms with Gasteiger partial charge in [-0.3, -0.25) is 4.57 Å². The summed E-state index contributed by atoms with van der Waals surface area (Å²) >= 11 is 0. The highest BCUT2D eigenvalue weighted by Crippen LogP contribution is 2.29. The number of rotatable bonds is 1. The maximum Gasteiger partial charge on any atom is 0.345 e. The number of nitrogens with zero attached hydrogens (tertiary/aromatic N) is 3. The molecule has 5 heteroatoms. The van der Waals surface area contributed by atoms with Crippen LogP contribution in [0.15, 0.2) is 63.9 Å². The summed E-state index contributed by atoms with van der Waals surface area (Å²) in [4.78, 5) is 17.4. The molecule has 0 radical (unpaired) electrons. The first-order chi connectivity index (χ1) is 13.5. The summed E-state index contributed by atoms with van der Waals surface area (Å²) in [6.07, 6.45) is 1.76. The molecule has 0 atom stereocenters. The molecule has 0 N–H and O–H groups in total. The molecule has 0 aliphatic carbocycles. The number of nitriles is 1. The van der Waals surface area contributed by atoms with Gasteiger partial charge in [-0.1, -0.05) is 29.3 Å². The Bertz CT molecular complexity index is 1500. The predicted octanol–water partition coefficient (Wildman–Crippen LogP) is 4.77. The molecule has 5 rings (SSSR count). The molecule has 0 amide bonds. The zero-order valence-corrected chi connectivity index (χ0v) is 15.4. The maximum atomic E-state index is 12.5.